The molecule has 0 saturated carbocycles. The highest BCUT2D eigenvalue weighted by Gasteiger charge is 2.24. The number of aromatic nitrogens is 1. The number of amides is 1. The molecule has 6 heteroatoms. The molecular formula is C14H14N2O4. The molecule has 1 atom stereocenters. The van der Waals surface area contributed by atoms with E-state index in [1.165, 1.54) is 6.07 Å². The first-order chi connectivity index (χ1) is 9.49. The molecule has 0 aliphatic carbocycles. The van der Waals surface area contributed by atoms with Gasteiger partial charge in [0.05, 0.1) is 5.92 Å². The first-order valence-corrected chi connectivity index (χ1v) is 6.01. The molecular weight excluding hydrogens is 260 g/mol. The van der Waals surface area contributed by atoms with Crippen molar-refractivity contribution in [2.24, 2.45) is 5.73 Å². The minimum atomic E-state index is -0.622. The van der Waals surface area contributed by atoms with Crippen molar-refractivity contribution in [1.29, 1.82) is 0 Å². The summed E-state index contributed by atoms with van der Waals surface area (Å²) in [6.45, 7) is 1.60. The number of hydrogen-bond acceptors (Lipinski definition) is 5. The molecule has 104 valence electrons. The van der Waals surface area contributed by atoms with E-state index in [2.05, 4.69) is 4.98 Å². The number of carbonyl (C=O) groups excluding carboxylic acids is 1. The van der Waals surface area contributed by atoms with Gasteiger partial charge in [0.1, 0.15) is 5.76 Å². The Balaban J connectivity index is 2.58. The number of nitrogens with zero attached hydrogens (tertiary/aromatic N) is 1. The summed E-state index contributed by atoms with van der Waals surface area (Å²) in [5.41, 5.74) is 5.37. The summed E-state index contributed by atoms with van der Waals surface area (Å²) in [6, 6.07) is 4.54. The smallest absolute Gasteiger partial charge is 0.227 e. The van der Waals surface area contributed by atoms with Crippen molar-refractivity contribution >= 4 is 5.91 Å². The third-order valence-corrected chi connectivity index (χ3v) is 2.90. The summed E-state index contributed by atoms with van der Waals surface area (Å²) in [5.74, 6) is -1.29. The van der Waals surface area contributed by atoms with Crippen LogP contribution in [0.2, 0.25) is 0 Å². The van der Waals surface area contributed by atoms with E-state index in [0.29, 0.717) is 11.3 Å². The van der Waals surface area contributed by atoms with Crippen LogP contribution >= 0.6 is 0 Å². The highest BCUT2D eigenvalue weighted by Crippen LogP contribution is 2.32. The zero-order valence-corrected chi connectivity index (χ0v) is 10.9. The highest BCUT2D eigenvalue weighted by atomic mass is 16.4. The Hall–Kier alpha value is -2.63. The molecule has 6 nitrogen and oxygen atoms in total. The van der Waals surface area contributed by atoms with Gasteiger partial charge in [-0.3, -0.25) is 14.6 Å². The molecule has 0 spiro atoms. The molecule has 0 fully saturated rings. The molecule has 0 bridgehead atoms. The van der Waals surface area contributed by atoms with Crippen LogP contribution in [-0.2, 0) is 4.79 Å². The second-order valence-corrected chi connectivity index (χ2v) is 4.44. The zero-order valence-electron chi connectivity index (χ0n) is 10.9. The lowest BCUT2D eigenvalue weighted by Gasteiger charge is -2.16. The lowest BCUT2D eigenvalue weighted by Crippen LogP contribution is -2.17. The Kier molecular flexibility index (Phi) is 3.84. The maximum absolute atomic E-state index is 11.6. The fraction of sp³-hybridized carbons (Fsp3) is 0.214. The van der Waals surface area contributed by atoms with Crippen LogP contribution in [-0.4, -0.2) is 16.0 Å². The van der Waals surface area contributed by atoms with Gasteiger partial charge in [-0.2, -0.15) is 0 Å². The topological polar surface area (TPSA) is 106 Å². The second-order valence-electron chi connectivity index (χ2n) is 4.44. The summed E-state index contributed by atoms with van der Waals surface area (Å²) < 4.78 is 5.43. The van der Waals surface area contributed by atoms with Crippen molar-refractivity contribution in [3.63, 3.8) is 0 Å². The predicted octanol–water partition coefficient (Wildman–Crippen LogP) is 1.06. The van der Waals surface area contributed by atoms with Crippen LogP contribution in [0.4, 0.5) is 0 Å². The van der Waals surface area contributed by atoms with Crippen molar-refractivity contribution in [3.05, 3.63) is 57.9 Å². The van der Waals surface area contributed by atoms with Gasteiger partial charge in [0.2, 0.25) is 17.1 Å². The largest absolute Gasteiger partial charge is 0.502 e. The van der Waals surface area contributed by atoms with Crippen LogP contribution in [0.3, 0.4) is 0 Å². The molecule has 20 heavy (non-hydrogen) atoms. The van der Waals surface area contributed by atoms with Crippen LogP contribution < -0.4 is 11.2 Å². The van der Waals surface area contributed by atoms with Gasteiger partial charge in [-0.1, -0.05) is 0 Å². The lowest BCUT2D eigenvalue weighted by atomic mass is 9.93. The van der Waals surface area contributed by atoms with Gasteiger partial charge in [0, 0.05) is 24.9 Å². The van der Waals surface area contributed by atoms with Crippen LogP contribution in [0.15, 0.2) is 39.8 Å². The van der Waals surface area contributed by atoms with Crippen molar-refractivity contribution in [1.82, 2.24) is 4.98 Å². The van der Waals surface area contributed by atoms with Crippen molar-refractivity contribution in [3.8, 4) is 5.75 Å². The molecule has 3 N–H and O–H groups in total. The van der Waals surface area contributed by atoms with E-state index in [0.717, 1.165) is 0 Å². The van der Waals surface area contributed by atoms with E-state index in [-0.39, 0.29) is 12.2 Å². The Morgan fingerprint density at radius 1 is 1.45 bits per heavy atom. The van der Waals surface area contributed by atoms with Crippen molar-refractivity contribution in [2.75, 3.05) is 0 Å². The minimum Gasteiger partial charge on any atom is -0.502 e. The van der Waals surface area contributed by atoms with Gasteiger partial charge >= 0.3 is 0 Å². The van der Waals surface area contributed by atoms with Gasteiger partial charge in [-0.25, -0.2) is 0 Å². The van der Waals surface area contributed by atoms with Crippen molar-refractivity contribution in [2.45, 2.75) is 19.3 Å². The quantitative estimate of drug-likeness (QED) is 0.866. The van der Waals surface area contributed by atoms with E-state index in [1.54, 1.807) is 31.5 Å². The molecule has 2 rings (SSSR count). The first kappa shape index (κ1) is 13.8. The van der Waals surface area contributed by atoms with Crippen molar-refractivity contribution < 1.29 is 14.3 Å². The fourth-order valence-corrected chi connectivity index (χ4v) is 2.02. The Labute approximate surface area is 114 Å². The first-order valence-electron chi connectivity index (χ1n) is 6.01. The van der Waals surface area contributed by atoms with E-state index < -0.39 is 23.0 Å². The maximum atomic E-state index is 11.6. The molecule has 0 saturated heterocycles. The summed E-state index contributed by atoms with van der Waals surface area (Å²) in [7, 11) is 0. The van der Waals surface area contributed by atoms with Crippen LogP contribution in [0.25, 0.3) is 0 Å². The summed E-state index contributed by atoms with van der Waals surface area (Å²) in [5, 5.41) is 9.89. The van der Waals surface area contributed by atoms with E-state index in [4.69, 9.17) is 10.2 Å². The normalized spacial score (nSPS) is 12.1. The maximum Gasteiger partial charge on any atom is 0.227 e. The standard InChI is InChI=1S/C14H14N2O4/c1-8-6-11(17)13(19)14(20-8)10(7-12(15)18)9-2-4-16-5-3-9/h2-6,10,19H,7H2,1H3,(H2,15,18). The highest BCUT2D eigenvalue weighted by molar-refractivity contribution is 5.75. The molecule has 2 aromatic heterocycles. The number of aryl methyl sites for hydroxylation is 1. The molecule has 2 aromatic rings. The molecule has 0 aliphatic rings. The van der Waals surface area contributed by atoms with Gasteiger partial charge in [0.15, 0.2) is 5.76 Å². The Bertz CT molecular complexity index is 679. The van der Waals surface area contributed by atoms with E-state index in [1.807, 2.05) is 0 Å². The number of pyridine rings is 1. The summed E-state index contributed by atoms with van der Waals surface area (Å²) in [4.78, 5) is 26.8. The second kappa shape index (κ2) is 5.56. The van der Waals surface area contributed by atoms with Crippen LogP contribution in [0.5, 0.6) is 5.75 Å². The number of rotatable bonds is 4. The average molecular weight is 274 g/mol. The Morgan fingerprint density at radius 3 is 2.70 bits per heavy atom. The average Bonchev–Trinajstić information content (AvgIpc) is 2.41. The van der Waals surface area contributed by atoms with Gasteiger partial charge in [0.25, 0.3) is 0 Å². The molecule has 1 unspecified atom stereocenters. The Morgan fingerprint density at radius 2 is 2.10 bits per heavy atom. The number of aromatic hydroxyl groups is 1. The summed E-state index contributed by atoms with van der Waals surface area (Å²) in [6.07, 6.45) is 3.02. The van der Waals surface area contributed by atoms with Gasteiger partial charge < -0.3 is 15.3 Å². The van der Waals surface area contributed by atoms with Gasteiger partial charge in [-0.15, -0.1) is 0 Å². The van der Waals surface area contributed by atoms with Crippen LogP contribution in [0.1, 0.15) is 29.4 Å². The minimum absolute atomic E-state index is 0.0417. The molecule has 2 heterocycles. The summed E-state index contributed by atoms with van der Waals surface area (Å²) >= 11 is 0. The third-order valence-electron chi connectivity index (χ3n) is 2.90. The van der Waals surface area contributed by atoms with Gasteiger partial charge in [-0.05, 0) is 24.6 Å². The molecule has 1 amide bonds. The van der Waals surface area contributed by atoms with E-state index in [9.17, 15) is 14.7 Å². The number of nitrogens with two attached hydrogens (primary N) is 1. The SMILES string of the molecule is Cc1cc(=O)c(O)c(C(CC(N)=O)c2ccncc2)o1. The van der Waals surface area contributed by atoms with E-state index >= 15 is 0 Å². The zero-order chi connectivity index (χ0) is 14.7. The number of primary amides is 1. The molecule has 0 radical (unpaired) electrons. The number of carbonyl (C=O) groups is 1. The monoisotopic (exact) mass is 274 g/mol. The molecule has 0 aromatic carbocycles. The predicted molar refractivity (Wildman–Crippen MR) is 71.3 cm³/mol. The van der Waals surface area contributed by atoms with Crippen LogP contribution in [0, 0.1) is 6.92 Å². The molecule has 0 aliphatic heterocycles. The number of hydrogen-bond donors (Lipinski definition) is 2. The lowest BCUT2D eigenvalue weighted by molar-refractivity contribution is -0.118. The third kappa shape index (κ3) is 2.85. The fourth-order valence-electron chi connectivity index (χ4n) is 2.02.